The smallest absolute Gasteiger partial charge is 0.274 e. The highest BCUT2D eigenvalue weighted by Crippen LogP contribution is 2.44. The zero-order valence-corrected chi connectivity index (χ0v) is 21.4. The lowest BCUT2D eigenvalue weighted by atomic mass is 9.77. The van der Waals surface area contributed by atoms with Crippen LogP contribution >= 0.6 is 0 Å². The molecule has 37 heavy (non-hydrogen) atoms. The number of hydrogen-bond acceptors (Lipinski definition) is 7. The summed E-state index contributed by atoms with van der Waals surface area (Å²) >= 11 is 0. The van der Waals surface area contributed by atoms with E-state index in [1.165, 1.54) is 6.20 Å². The molecule has 0 saturated carbocycles. The fourth-order valence-electron chi connectivity index (χ4n) is 5.28. The van der Waals surface area contributed by atoms with E-state index in [0.29, 0.717) is 63.4 Å². The molecule has 0 unspecified atom stereocenters. The van der Waals surface area contributed by atoms with Gasteiger partial charge in [0.05, 0.1) is 19.1 Å². The summed E-state index contributed by atoms with van der Waals surface area (Å²) in [5.41, 5.74) is 14.6. The molecule has 1 aromatic heterocycles. The number of amides is 3. The molecule has 2 aliphatic heterocycles. The molecular formula is C26H35N7O4. The molecule has 0 aliphatic carbocycles. The Balaban J connectivity index is 1.42. The molecule has 3 amide bonds. The van der Waals surface area contributed by atoms with Crippen molar-refractivity contribution in [3.05, 3.63) is 47.4 Å². The summed E-state index contributed by atoms with van der Waals surface area (Å²) < 4.78 is 7.28. The van der Waals surface area contributed by atoms with Crippen molar-refractivity contribution in [2.75, 3.05) is 44.7 Å². The van der Waals surface area contributed by atoms with E-state index < -0.39 is 5.41 Å². The molecule has 1 spiro atoms. The maximum atomic E-state index is 13.6. The zero-order chi connectivity index (χ0) is 26.6. The van der Waals surface area contributed by atoms with Crippen molar-refractivity contribution >= 4 is 29.5 Å². The Morgan fingerprint density at radius 1 is 1.22 bits per heavy atom. The number of carbonyl (C=O) groups is 3. The summed E-state index contributed by atoms with van der Waals surface area (Å²) in [6.07, 6.45) is 4.08. The minimum atomic E-state index is -0.474. The van der Waals surface area contributed by atoms with Crippen LogP contribution in [0.5, 0.6) is 5.75 Å². The van der Waals surface area contributed by atoms with Gasteiger partial charge in [0, 0.05) is 55.7 Å². The third-order valence-electron chi connectivity index (χ3n) is 7.54. The zero-order valence-electron chi connectivity index (χ0n) is 21.4. The van der Waals surface area contributed by atoms with Gasteiger partial charge in [-0.05, 0) is 56.2 Å². The van der Waals surface area contributed by atoms with Gasteiger partial charge < -0.3 is 31.3 Å². The Kier molecular flexibility index (Phi) is 7.82. The molecule has 0 radical (unpaired) electrons. The first-order valence-electron chi connectivity index (χ1n) is 12.5. The number of aromatic nitrogens is 2. The molecule has 4 rings (SSSR count). The van der Waals surface area contributed by atoms with E-state index in [0.717, 1.165) is 28.9 Å². The Morgan fingerprint density at radius 3 is 2.59 bits per heavy atom. The second-order valence-electron chi connectivity index (χ2n) is 9.53. The Morgan fingerprint density at radius 2 is 1.95 bits per heavy atom. The highest BCUT2D eigenvalue weighted by atomic mass is 16.5. The first-order chi connectivity index (χ1) is 17.9. The van der Waals surface area contributed by atoms with E-state index in [4.69, 9.17) is 16.2 Å². The van der Waals surface area contributed by atoms with Crippen molar-refractivity contribution in [2.24, 2.45) is 16.9 Å². The lowest BCUT2D eigenvalue weighted by molar-refractivity contribution is -0.127. The van der Waals surface area contributed by atoms with Gasteiger partial charge in [0.2, 0.25) is 12.3 Å². The van der Waals surface area contributed by atoms with Crippen LogP contribution in [0.1, 0.15) is 41.0 Å². The summed E-state index contributed by atoms with van der Waals surface area (Å²) in [5.74, 6) is 0.572. The minimum Gasteiger partial charge on any atom is -0.496 e. The van der Waals surface area contributed by atoms with Crippen LogP contribution in [-0.4, -0.2) is 72.7 Å². The van der Waals surface area contributed by atoms with E-state index in [1.807, 2.05) is 30.0 Å². The van der Waals surface area contributed by atoms with Crippen LogP contribution in [-0.2, 0) is 16.1 Å². The second kappa shape index (κ2) is 11.0. The summed E-state index contributed by atoms with van der Waals surface area (Å²) in [7, 11) is 1.58. The highest BCUT2D eigenvalue weighted by Gasteiger charge is 2.49. The quantitative estimate of drug-likeness (QED) is 0.335. The van der Waals surface area contributed by atoms with Crippen molar-refractivity contribution < 1.29 is 19.1 Å². The molecule has 198 valence electrons. The van der Waals surface area contributed by atoms with Crippen LogP contribution in [0.3, 0.4) is 0 Å². The first-order valence-corrected chi connectivity index (χ1v) is 12.5. The Labute approximate surface area is 216 Å². The number of anilines is 1. The van der Waals surface area contributed by atoms with E-state index in [2.05, 4.69) is 10.4 Å². The van der Waals surface area contributed by atoms with E-state index >= 15 is 0 Å². The number of piperidine rings is 1. The number of rotatable bonds is 9. The number of carbonyl (C=O) groups excluding carboxylic acids is 3. The number of hydrogen-bond donors (Lipinski definition) is 3. The second-order valence-corrected chi connectivity index (χ2v) is 9.53. The van der Waals surface area contributed by atoms with Crippen LogP contribution < -0.4 is 26.4 Å². The molecule has 5 N–H and O–H groups in total. The third-order valence-corrected chi connectivity index (χ3v) is 7.54. The van der Waals surface area contributed by atoms with Crippen LogP contribution in [0.4, 0.5) is 5.69 Å². The number of aryl methyl sites for hydroxylation is 1. The van der Waals surface area contributed by atoms with Crippen molar-refractivity contribution in [2.45, 2.75) is 32.7 Å². The molecule has 11 nitrogen and oxygen atoms in total. The standard InChI is InChI=1S/C26H35N7O4/c1-18-13-22(30-33(18)12-8-29-17-34)24(35)31-9-5-26(6-10-31)7-11-32(25(26)36)20-3-4-21(19(15-27)16-28)23(14-20)37-2/h3-4,13-15,17H,5-12,16,27-28H2,1-2H3,(H,29,34)/b19-15+. The molecular weight excluding hydrogens is 474 g/mol. The Bertz CT molecular complexity index is 1200. The van der Waals surface area contributed by atoms with Crippen molar-refractivity contribution in [3.63, 3.8) is 0 Å². The number of nitrogens with two attached hydrogens (primary N) is 2. The number of nitrogens with zero attached hydrogens (tertiary/aromatic N) is 4. The highest BCUT2D eigenvalue weighted by molar-refractivity contribution is 6.00. The molecule has 3 heterocycles. The van der Waals surface area contributed by atoms with Gasteiger partial charge >= 0.3 is 0 Å². The van der Waals surface area contributed by atoms with Gasteiger partial charge in [0.1, 0.15) is 5.75 Å². The summed E-state index contributed by atoms with van der Waals surface area (Å²) in [6, 6.07) is 7.40. The average Bonchev–Trinajstić information content (AvgIpc) is 3.44. The molecule has 11 heteroatoms. The number of ether oxygens (including phenoxy) is 1. The van der Waals surface area contributed by atoms with Crippen LogP contribution in [0.25, 0.3) is 5.57 Å². The minimum absolute atomic E-state index is 0.0885. The van der Waals surface area contributed by atoms with Gasteiger partial charge in [-0.3, -0.25) is 19.1 Å². The van der Waals surface area contributed by atoms with Gasteiger partial charge in [-0.25, -0.2) is 0 Å². The largest absolute Gasteiger partial charge is 0.496 e. The number of methoxy groups -OCH3 is 1. The number of nitrogens with one attached hydrogen (secondary N) is 1. The van der Waals surface area contributed by atoms with Crippen molar-refractivity contribution in [1.82, 2.24) is 20.0 Å². The number of benzene rings is 1. The predicted octanol–water partition coefficient (Wildman–Crippen LogP) is 0.864. The van der Waals surface area contributed by atoms with Crippen molar-refractivity contribution in [3.8, 4) is 5.75 Å². The molecule has 1 aromatic carbocycles. The molecule has 2 aliphatic rings. The van der Waals surface area contributed by atoms with Crippen molar-refractivity contribution in [1.29, 1.82) is 0 Å². The fourth-order valence-corrected chi connectivity index (χ4v) is 5.28. The maximum Gasteiger partial charge on any atom is 0.274 e. The molecule has 2 aromatic rings. The normalized spacial score (nSPS) is 17.4. The van der Waals surface area contributed by atoms with E-state index in [9.17, 15) is 14.4 Å². The lowest BCUT2D eigenvalue weighted by Gasteiger charge is -2.37. The molecule has 2 fully saturated rings. The maximum absolute atomic E-state index is 13.6. The summed E-state index contributed by atoms with van der Waals surface area (Å²) in [4.78, 5) is 40.8. The van der Waals surface area contributed by atoms with Gasteiger partial charge in [-0.2, -0.15) is 5.10 Å². The lowest BCUT2D eigenvalue weighted by Crippen LogP contribution is -2.46. The molecule has 2 saturated heterocycles. The molecule has 0 atom stereocenters. The van der Waals surface area contributed by atoms with Crippen LogP contribution in [0, 0.1) is 12.3 Å². The van der Waals surface area contributed by atoms with Gasteiger partial charge in [0.25, 0.3) is 5.91 Å². The van der Waals surface area contributed by atoms with Gasteiger partial charge in [-0.1, -0.05) is 0 Å². The average molecular weight is 510 g/mol. The monoisotopic (exact) mass is 509 g/mol. The Hall–Kier alpha value is -3.86. The summed E-state index contributed by atoms with van der Waals surface area (Å²) in [5, 5.41) is 7.02. The predicted molar refractivity (Wildman–Crippen MR) is 140 cm³/mol. The topological polar surface area (TPSA) is 149 Å². The third kappa shape index (κ3) is 5.04. The van der Waals surface area contributed by atoms with Crippen LogP contribution in [0.15, 0.2) is 30.5 Å². The van der Waals surface area contributed by atoms with Crippen LogP contribution in [0.2, 0.25) is 0 Å². The van der Waals surface area contributed by atoms with Gasteiger partial charge in [-0.15, -0.1) is 0 Å². The van der Waals surface area contributed by atoms with E-state index in [-0.39, 0.29) is 18.4 Å². The summed E-state index contributed by atoms with van der Waals surface area (Å²) in [6.45, 7) is 4.71. The van der Waals surface area contributed by atoms with Gasteiger partial charge in [0.15, 0.2) is 5.69 Å². The van der Waals surface area contributed by atoms with E-state index in [1.54, 1.807) is 22.8 Å². The molecule has 0 bridgehead atoms. The first kappa shape index (κ1) is 26.2. The number of likely N-dealkylation sites (tertiary alicyclic amines) is 1. The fraction of sp³-hybridized carbons (Fsp3) is 0.462. The SMILES string of the molecule is COc1cc(N2CCC3(CCN(C(=O)c4cc(C)n(CCNC=O)n4)CC3)C2=O)ccc1/C(=C/N)CN.